The van der Waals surface area contributed by atoms with Crippen molar-refractivity contribution in [3.63, 3.8) is 0 Å². The molecule has 1 amide bonds. The standard InChI is InChI=1S/C21H21F5N6O2/c1-34-20(33)31-14-5-4-11-12(8-28-17(11)15(14)18(22)23)16-13(21(24,25)26)9-29-19(32-16)30-10-3-2-6-27-7-10/h4-5,8-10,18,27-28H,2-3,6-7H2,1H3,(H,31,33)(H,29,30,32). The molecule has 4 N–H and O–H groups in total. The Bertz CT molecular complexity index is 1190. The van der Waals surface area contributed by atoms with Crippen molar-refractivity contribution in [3.8, 4) is 11.3 Å². The second-order valence-electron chi connectivity index (χ2n) is 7.71. The van der Waals surface area contributed by atoms with Gasteiger partial charge in [0.25, 0.3) is 6.43 Å². The summed E-state index contributed by atoms with van der Waals surface area (Å²) in [5, 5.41) is 8.49. The summed E-state index contributed by atoms with van der Waals surface area (Å²) in [6, 6.07) is 2.46. The fraction of sp³-hybridized carbons (Fsp3) is 0.381. The summed E-state index contributed by atoms with van der Waals surface area (Å²) in [7, 11) is 1.07. The van der Waals surface area contributed by atoms with Crippen LogP contribution in [0.2, 0.25) is 0 Å². The maximum absolute atomic E-state index is 13.9. The number of fused-ring (bicyclic) bond motifs is 1. The zero-order chi connectivity index (χ0) is 24.5. The predicted molar refractivity (Wildman–Crippen MR) is 115 cm³/mol. The molecule has 2 aromatic heterocycles. The van der Waals surface area contributed by atoms with Crippen LogP contribution in [-0.4, -0.2) is 47.3 Å². The van der Waals surface area contributed by atoms with E-state index < -0.39 is 35.5 Å². The van der Waals surface area contributed by atoms with E-state index in [1.54, 1.807) is 0 Å². The molecule has 0 aliphatic carbocycles. The van der Waals surface area contributed by atoms with E-state index >= 15 is 0 Å². The van der Waals surface area contributed by atoms with Crippen LogP contribution < -0.4 is 16.0 Å². The lowest BCUT2D eigenvalue weighted by atomic mass is 10.0. The van der Waals surface area contributed by atoms with Crippen LogP contribution in [0, 0.1) is 0 Å². The molecule has 34 heavy (non-hydrogen) atoms. The van der Waals surface area contributed by atoms with Crippen LogP contribution in [0.15, 0.2) is 24.5 Å². The summed E-state index contributed by atoms with van der Waals surface area (Å²) in [4.78, 5) is 22.1. The number of H-pyrrole nitrogens is 1. The number of aromatic amines is 1. The van der Waals surface area contributed by atoms with Gasteiger partial charge in [0.1, 0.15) is 5.56 Å². The molecule has 3 aromatic rings. The molecule has 182 valence electrons. The number of nitrogens with one attached hydrogen (secondary N) is 4. The monoisotopic (exact) mass is 484 g/mol. The Balaban J connectivity index is 1.82. The van der Waals surface area contributed by atoms with E-state index in [1.807, 2.05) is 0 Å². The molecule has 1 unspecified atom stereocenters. The molecular weight excluding hydrogens is 463 g/mol. The number of piperidine rings is 1. The van der Waals surface area contributed by atoms with Crippen LogP contribution >= 0.6 is 0 Å². The number of hydrogen-bond acceptors (Lipinski definition) is 6. The average Bonchev–Trinajstić information content (AvgIpc) is 3.22. The van der Waals surface area contributed by atoms with Gasteiger partial charge in [0, 0.05) is 35.9 Å². The van der Waals surface area contributed by atoms with Gasteiger partial charge in [-0.2, -0.15) is 13.2 Å². The Kier molecular flexibility index (Phi) is 6.55. The molecule has 13 heteroatoms. The molecule has 3 heterocycles. The quantitative estimate of drug-likeness (QED) is 0.383. The molecule has 0 spiro atoms. The molecule has 0 saturated carbocycles. The summed E-state index contributed by atoms with van der Waals surface area (Å²) >= 11 is 0. The maximum Gasteiger partial charge on any atom is 0.419 e. The highest BCUT2D eigenvalue weighted by Crippen LogP contribution is 2.42. The molecule has 1 aliphatic heterocycles. The Labute approximate surface area is 190 Å². The van der Waals surface area contributed by atoms with Crippen LogP contribution in [0.1, 0.15) is 30.4 Å². The number of carbonyl (C=O) groups excluding carboxylic acids is 1. The van der Waals surface area contributed by atoms with Crippen molar-refractivity contribution in [2.45, 2.75) is 31.5 Å². The highest BCUT2D eigenvalue weighted by molar-refractivity contribution is 6.01. The van der Waals surface area contributed by atoms with Gasteiger partial charge >= 0.3 is 12.3 Å². The fourth-order valence-corrected chi connectivity index (χ4v) is 3.94. The second-order valence-corrected chi connectivity index (χ2v) is 7.71. The molecule has 1 aromatic carbocycles. The topological polar surface area (TPSA) is 104 Å². The summed E-state index contributed by atoms with van der Waals surface area (Å²) < 4.78 is 73.6. The second kappa shape index (κ2) is 9.41. The number of hydrogen-bond donors (Lipinski definition) is 4. The Morgan fingerprint density at radius 2 is 2.09 bits per heavy atom. The highest BCUT2D eigenvalue weighted by atomic mass is 19.4. The number of halogens is 5. The van der Waals surface area contributed by atoms with Crippen LogP contribution in [0.25, 0.3) is 22.2 Å². The third kappa shape index (κ3) is 4.74. The molecule has 1 fully saturated rings. The molecule has 0 radical (unpaired) electrons. The van der Waals surface area contributed by atoms with Gasteiger partial charge in [-0.05, 0) is 25.5 Å². The number of nitrogens with zero attached hydrogens (tertiary/aromatic N) is 2. The molecule has 4 rings (SSSR count). The molecule has 0 bridgehead atoms. The molecule has 1 saturated heterocycles. The third-order valence-corrected chi connectivity index (χ3v) is 5.52. The highest BCUT2D eigenvalue weighted by Gasteiger charge is 2.36. The number of ether oxygens (including phenoxy) is 1. The van der Waals surface area contributed by atoms with Crippen LogP contribution in [0.5, 0.6) is 0 Å². The van der Waals surface area contributed by atoms with E-state index in [0.717, 1.165) is 26.5 Å². The number of amides is 1. The zero-order valence-electron chi connectivity index (χ0n) is 17.9. The van der Waals surface area contributed by atoms with Gasteiger partial charge in [-0.3, -0.25) is 5.32 Å². The van der Waals surface area contributed by atoms with E-state index in [4.69, 9.17) is 0 Å². The minimum absolute atomic E-state index is 0.00381. The van der Waals surface area contributed by atoms with Gasteiger partial charge in [0.2, 0.25) is 5.95 Å². The smallest absolute Gasteiger partial charge is 0.419 e. The molecule has 1 aliphatic rings. The largest absolute Gasteiger partial charge is 0.453 e. The maximum atomic E-state index is 13.9. The van der Waals surface area contributed by atoms with E-state index in [2.05, 4.69) is 35.6 Å². The van der Waals surface area contributed by atoms with Crippen molar-refractivity contribution in [1.82, 2.24) is 20.3 Å². The van der Waals surface area contributed by atoms with Crippen LogP contribution in [0.3, 0.4) is 0 Å². The number of anilines is 2. The number of aromatic nitrogens is 3. The first-order valence-electron chi connectivity index (χ1n) is 10.4. The van der Waals surface area contributed by atoms with Crippen molar-refractivity contribution in [2.24, 2.45) is 0 Å². The minimum atomic E-state index is -4.78. The first-order chi connectivity index (χ1) is 16.2. The van der Waals surface area contributed by atoms with E-state index in [-0.39, 0.29) is 34.1 Å². The predicted octanol–water partition coefficient (Wildman–Crippen LogP) is 4.92. The summed E-state index contributed by atoms with van der Waals surface area (Å²) in [5.41, 5.74) is -2.51. The van der Waals surface area contributed by atoms with Crippen LogP contribution in [0.4, 0.5) is 38.4 Å². The lowest BCUT2D eigenvalue weighted by Crippen LogP contribution is -2.38. The first-order valence-corrected chi connectivity index (χ1v) is 10.4. The van der Waals surface area contributed by atoms with E-state index in [9.17, 15) is 26.7 Å². The molecule has 1 atom stereocenters. The Morgan fingerprint density at radius 1 is 1.29 bits per heavy atom. The van der Waals surface area contributed by atoms with Crippen molar-refractivity contribution in [2.75, 3.05) is 30.8 Å². The lowest BCUT2D eigenvalue weighted by molar-refractivity contribution is -0.137. The summed E-state index contributed by atoms with van der Waals surface area (Å²) in [6.07, 6.45) is -5.22. The number of carbonyl (C=O) groups is 1. The average molecular weight is 484 g/mol. The zero-order valence-corrected chi connectivity index (χ0v) is 17.9. The minimum Gasteiger partial charge on any atom is -0.453 e. The number of methoxy groups -OCH3 is 1. The summed E-state index contributed by atoms with van der Waals surface area (Å²) in [5.74, 6) is 0.00381. The lowest BCUT2D eigenvalue weighted by Gasteiger charge is -2.24. The van der Waals surface area contributed by atoms with E-state index in [1.165, 1.54) is 18.3 Å². The van der Waals surface area contributed by atoms with Crippen molar-refractivity contribution < 1.29 is 31.5 Å². The van der Waals surface area contributed by atoms with Crippen LogP contribution in [-0.2, 0) is 10.9 Å². The molecular formula is C21H21F5N6O2. The SMILES string of the molecule is COC(=O)Nc1ccc2c(-c3nc(NC4CCCNC4)ncc3C(F)(F)F)c[nH]c2c1C(F)F. The van der Waals surface area contributed by atoms with Gasteiger partial charge in [0.05, 0.1) is 29.6 Å². The number of rotatable bonds is 5. The Morgan fingerprint density at radius 3 is 2.74 bits per heavy atom. The van der Waals surface area contributed by atoms with Crippen molar-refractivity contribution in [3.05, 3.63) is 35.7 Å². The van der Waals surface area contributed by atoms with Gasteiger partial charge in [0.15, 0.2) is 0 Å². The van der Waals surface area contributed by atoms with Gasteiger partial charge in [-0.1, -0.05) is 6.07 Å². The van der Waals surface area contributed by atoms with Gasteiger partial charge in [-0.15, -0.1) is 0 Å². The normalized spacial score (nSPS) is 16.6. The van der Waals surface area contributed by atoms with Gasteiger partial charge in [-0.25, -0.2) is 23.5 Å². The third-order valence-electron chi connectivity index (χ3n) is 5.52. The first kappa shape index (κ1) is 23.7. The van der Waals surface area contributed by atoms with Crippen molar-refractivity contribution in [1.29, 1.82) is 0 Å². The van der Waals surface area contributed by atoms with Gasteiger partial charge < -0.3 is 20.4 Å². The number of benzene rings is 1. The van der Waals surface area contributed by atoms with Crippen molar-refractivity contribution >= 4 is 28.6 Å². The Hall–Kier alpha value is -3.48. The summed E-state index contributed by atoms with van der Waals surface area (Å²) in [6.45, 7) is 1.46. The van der Waals surface area contributed by atoms with E-state index in [0.29, 0.717) is 12.7 Å². The fourth-order valence-electron chi connectivity index (χ4n) is 3.94. The molecule has 8 nitrogen and oxygen atoms in total. The number of alkyl halides is 5.